The minimum absolute atomic E-state index is 0.397. The smallest absolute Gasteiger partial charge is 0.437 e. The predicted molar refractivity (Wildman–Crippen MR) is 49.7 cm³/mol. The SMILES string of the molecule is CC(C)(C)OC(=O)C1=CN(F)C(F)(F)C(F)(F)N1F. The number of carbonyl (C=O) groups is 1. The van der Waals surface area contributed by atoms with Crippen molar-refractivity contribution in [2.24, 2.45) is 0 Å². The lowest BCUT2D eigenvalue weighted by Crippen LogP contribution is -2.60. The Bertz CT molecular complexity index is 417. The topological polar surface area (TPSA) is 32.8 Å². The Labute approximate surface area is 104 Å². The Morgan fingerprint density at radius 3 is 2.05 bits per heavy atom. The molecule has 1 rings (SSSR count). The molecule has 0 radical (unpaired) electrons. The first-order valence-electron chi connectivity index (χ1n) is 4.92. The average molecular weight is 292 g/mol. The number of esters is 1. The number of carbonyl (C=O) groups excluding carboxylic acids is 1. The third-order valence-corrected chi connectivity index (χ3v) is 1.93. The van der Waals surface area contributed by atoms with Crippen LogP contribution in [0.15, 0.2) is 11.9 Å². The van der Waals surface area contributed by atoms with Gasteiger partial charge >= 0.3 is 18.1 Å². The molecule has 0 aromatic carbocycles. The monoisotopic (exact) mass is 292 g/mol. The van der Waals surface area contributed by atoms with Gasteiger partial charge in [-0.1, -0.05) is 8.96 Å². The first-order valence-corrected chi connectivity index (χ1v) is 4.92. The molecule has 0 aromatic heterocycles. The lowest BCUT2D eigenvalue weighted by Gasteiger charge is -2.37. The van der Waals surface area contributed by atoms with E-state index in [-0.39, 0.29) is 0 Å². The van der Waals surface area contributed by atoms with E-state index in [0.717, 1.165) is 0 Å². The van der Waals surface area contributed by atoms with Crippen LogP contribution in [-0.4, -0.2) is 33.9 Å². The maximum atomic E-state index is 13.2. The third-order valence-electron chi connectivity index (χ3n) is 1.93. The van der Waals surface area contributed by atoms with E-state index in [1.54, 1.807) is 0 Å². The van der Waals surface area contributed by atoms with Crippen molar-refractivity contribution in [1.29, 1.82) is 0 Å². The minimum Gasteiger partial charge on any atom is -0.455 e. The maximum Gasteiger partial charge on any atom is 0.437 e. The molecular formula is C9H10F6N2O2. The van der Waals surface area contributed by atoms with E-state index >= 15 is 0 Å². The quantitative estimate of drug-likeness (QED) is 0.322. The number of hydrogen-bond donors (Lipinski definition) is 0. The zero-order valence-corrected chi connectivity index (χ0v) is 10.1. The van der Waals surface area contributed by atoms with Gasteiger partial charge in [0.2, 0.25) is 0 Å². The highest BCUT2D eigenvalue weighted by Gasteiger charge is 2.70. The summed E-state index contributed by atoms with van der Waals surface area (Å²) in [6, 6.07) is -11.0. The van der Waals surface area contributed by atoms with Gasteiger partial charge in [0.05, 0.1) is 6.20 Å². The summed E-state index contributed by atoms with van der Waals surface area (Å²) in [7, 11) is 0. The van der Waals surface area contributed by atoms with E-state index in [1.165, 1.54) is 20.8 Å². The van der Waals surface area contributed by atoms with Crippen LogP contribution in [0.1, 0.15) is 20.8 Å². The molecule has 1 heterocycles. The van der Waals surface area contributed by atoms with Crippen LogP contribution < -0.4 is 0 Å². The molecule has 1 aliphatic rings. The summed E-state index contributed by atoms with van der Waals surface area (Å²) in [5.74, 6) is -1.70. The van der Waals surface area contributed by atoms with Crippen LogP contribution in [0.2, 0.25) is 0 Å². The lowest BCUT2D eigenvalue weighted by atomic mass is 10.2. The summed E-state index contributed by atoms with van der Waals surface area (Å²) in [6.07, 6.45) is -0.397. The van der Waals surface area contributed by atoms with E-state index in [9.17, 15) is 31.3 Å². The van der Waals surface area contributed by atoms with Gasteiger partial charge in [-0.2, -0.15) is 17.6 Å². The van der Waals surface area contributed by atoms with Crippen LogP contribution >= 0.6 is 0 Å². The fourth-order valence-corrected chi connectivity index (χ4v) is 1.10. The predicted octanol–water partition coefficient (Wildman–Crippen LogP) is 2.74. The summed E-state index contributed by atoms with van der Waals surface area (Å²) in [4.78, 5) is 11.3. The molecule has 19 heavy (non-hydrogen) atoms. The third kappa shape index (κ3) is 2.56. The van der Waals surface area contributed by atoms with Gasteiger partial charge in [-0.25, -0.2) is 4.79 Å². The fraction of sp³-hybridized carbons (Fsp3) is 0.667. The Kier molecular flexibility index (Phi) is 3.42. The zero-order chi connectivity index (χ0) is 15.2. The number of hydrogen-bond acceptors (Lipinski definition) is 4. The van der Waals surface area contributed by atoms with Crippen molar-refractivity contribution in [3.05, 3.63) is 11.9 Å². The van der Waals surface area contributed by atoms with Gasteiger partial charge in [0.25, 0.3) is 0 Å². The zero-order valence-electron chi connectivity index (χ0n) is 10.1. The second kappa shape index (κ2) is 4.20. The van der Waals surface area contributed by atoms with E-state index in [2.05, 4.69) is 4.74 Å². The molecule has 0 unspecified atom stereocenters. The van der Waals surface area contributed by atoms with Crippen molar-refractivity contribution >= 4 is 5.97 Å². The summed E-state index contributed by atoms with van der Waals surface area (Å²) in [5.41, 5.74) is -2.87. The van der Waals surface area contributed by atoms with Gasteiger partial charge in [-0.15, -0.1) is 10.2 Å². The minimum atomic E-state index is -5.55. The highest BCUT2D eigenvalue weighted by atomic mass is 19.3. The van der Waals surface area contributed by atoms with Crippen LogP contribution in [0.3, 0.4) is 0 Å². The van der Waals surface area contributed by atoms with Crippen LogP contribution in [0.25, 0.3) is 0 Å². The summed E-state index contributed by atoms with van der Waals surface area (Å²) in [5, 5.41) is -3.54. The molecule has 1 aliphatic heterocycles. The van der Waals surface area contributed by atoms with Crippen LogP contribution in [-0.2, 0) is 9.53 Å². The highest BCUT2D eigenvalue weighted by molar-refractivity contribution is 5.88. The summed E-state index contributed by atoms with van der Waals surface area (Å²) < 4.78 is 81.8. The molecule has 0 aromatic rings. The molecule has 0 amide bonds. The highest BCUT2D eigenvalue weighted by Crippen LogP contribution is 2.46. The van der Waals surface area contributed by atoms with E-state index < -0.39 is 45.8 Å². The molecule has 4 nitrogen and oxygen atoms in total. The van der Waals surface area contributed by atoms with Gasteiger partial charge in [0.1, 0.15) is 5.60 Å². The summed E-state index contributed by atoms with van der Waals surface area (Å²) in [6.45, 7) is 3.99. The van der Waals surface area contributed by atoms with Crippen molar-refractivity contribution in [3.8, 4) is 0 Å². The van der Waals surface area contributed by atoms with E-state index in [1.807, 2.05) is 0 Å². The first kappa shape index (κ1) is 15.4. The van der Waals surface area contributed by atoms with Crippen LogP contribution in [0.5, 0.6) is 0 Å². The molecule has 0 saturated heterocycles. The van der Waals surface area contributed by atoms with Gasteiger partial charge in [-0.05, 0) is 20.8 Å². The average Bonchev–Trinajstić information content (AvgIpc) is 2.19. The van der Waals surface area contributed by atoms with Crippen LogP contribution in [0, 0.1) is 0 Å². The van der Waals surface area contributed by atoms with Gasteiger partial charge < -0.3 is 4.74 Å². The van der Waals surface area contributed by atoms with Gasteiger partial charge in [0, 0.05) is 0 Å². The Balaban J connectivity index is 3.14. The summed E-state index contributed by atoms with van der Waals surface area (Å²) >= 11 is 0. The van der Waals surface area contributed by atoms with Crippen molar-refractivity contribution in [1.82, 2.24) is 10.2 Å². The number of ether oxygens (including phenoxy) is 1. The van der Waals surface area contributed by atoms with Crippen molar-refractivity contribution in [3.63, 3.8) is 0 Å². The molecular weight excluding hydrogens is 282 g/mol. The first-order chi connectivity index (χ1) is 8.30. The number of alkyl halides is 4. The largest absolute Gasteiger partial charge is 0.455 e. The van der Waals surface area contributed by atoms with Crippen molar-refractivity contribution in [2.75, 3.05) is 0 Å². The van der Waals surface area contributed by atoms with E-state index in [0.29, 0.717) is 0 Å². The molecule has 110 valence electrons. The number of rotatable bonds is 1. The molecule has 0 N–H and O–H groups in total. The standard InChI is InChI=1S/C9H10F6N2O2/c1-7(2,3)19-6(18)5-4-16(14)8(10,11)9(12,13)17(5)15/h4H,1-3H3. The fourth-order valence-electron chi connectivity index (χ4n) is 1.10. The van der Waals surface area contributed by atoms with Crippen molar-refractivity contribution < 1.29 is 36.1 Å². The molecule has 0 spiro atoms. The Hall–Kier alpha value is -1.61. The number of nitrogens with zero attached hydrogens (tertiary/aromatic N) is 2. The molecule has 10 heteroatoms. The molecule has 0 aliphatic carbocycles. The Morgan fingerprint density at radius 1 is 1.16 bits per heavy atom. The normalized spacial score (nSPS) is 22.1. The Morgan fingerprint density at radius 2 is 1.63 bits per heavy atom. The second-order valence-electron chi connectivity index (χ2n) is 4.69. The molecule has 0 bridgehead atoms. The number of halogens is 6. The maximum absolute atomic E-state index is 13.2. The van der Waals surface area contributed by atoms with Gasteiger partial charge in [0.15, 0.2) is 5.70 Å². The molecule has 0 fully saturated rings. The van der Waals surface area contributed by atoms with E-state index in [4.69, 9.17) is 0 Å². The lowest BCUT2D eigenvalue weighted by molar-refractivity contribution is -0.398. The van der Waals surface area contributed by atoms with Crippen LogP contribution in [0.4, 0.5) is 26.5 Å². The van der Waals surface area contributed by atoms with Gasteiger partial charge in [-0.3, -0.25) is 0 Å². The molecule has 0 saturated carbocycles. The van der Waals surface area contributed by atoms with Crippen molar-refractivity contribution in [2.45, 2.75) is 38.5 Å². The molecule has 0 atom stereocenters. The second-order valence-corrected chi connectivity index (χ2v) is 4.69.